The predicted molar refractivity (Wildman–Crippen MR) is 102 cm³/mol. The smallest absolute Gasteiger partial charge is 0.310 e. The minimum Gasteiger partial charge on any atom is -0.466 e. The lowest BCUT2D eigenvalue weighted by molar-refractivity contribution is -0.142. The first-order valence-electron chi connectivity index (χ1n) is 9.12. The molecule has 144 valence electrons. The highest BCUT2D eigenvalue weighted by atomic mass is 35.5. The van der Waals surface area contributed by atoms with Crippen LogP contribution in [0.15, 0.2) is 36.4 Å². The minimum absolute atomic E-state index is 0.0585. The fourth-order valence-corrected chi connectivity index (χ4v) is 3.72. The Morgan fingerprint density at radius 1 is 1.15 bits per heavy atom. The molecule has 0 saturated carbocycles. The number of carbonyl (C=O) groups is 1. The van der Waals surface area contributed by atoms with Gasteiger partial charge in [-0.15, -0.1) is 0 Å². The number of rotatable bonds is 5. The van der Waals surface area contributed by atoms with Crippen molar-refractivity contribution in [1.29, 1.82) is 0 Å². The van der Waals surface area contributed by atoms with Crippen LogP contribution in [0.3, 0.4) is 0 Å². The van der Waals surface area contributed by atoms with Crippen molar-refractivity contribution in [3.63, 3.8) is 0 Å². The monoisotopic (exact) mass is 393 g/mol. The van der Waals surface area contributed by atoms with Gasteiger partial charge in [-0.2, -0.15) is 0 Å². The average Bonchev–Trinajstić information content (AvgIpc) is 2.62. The minimum atomic E-state index is -0.365. The third-order valence-electron chi connectivity index (χ3n) is 4.90. The highest BCUT2D eigenvalue weighted by molar-refractivity contribution is 6.30. The largest absolute Gasteiger partial charge is 0.466 e. The molecule has 1 saturated heterocycles. The van der Waals surface area contributed by atoms with Crippen LogP contribution in [0.2, 0.25) is 5.02 Å². The molecule has 3 nitrogen and oxygen atoms in total. The Hall–Kier alpha value is -2.14. The average molecular weight is 394 g/mol. The van der Waals surface area contributed by atoms with E-state index in [4.69, 9.17) is 16.3 Å². The summed E-state index contributed by atoms with van der Waals surface area (Å²) in [7, 11) is 0. The zero-order valence-electron chi connectivity index (χ0n) is 15.2. The van der Waals surface area contributed by atoms with Crippen molar-refractivity contribution >= 4 is 23.3 Å². The van der Waals surface area contributed by atoms with E-state index >= 15 is 0 Å². The van der Waals surface area contributed by atoms with Gasteiger partial charge >= 0.3 is 5.97 Å². The Balaban J connectivity index is 1.64. The zero-order chi connectivity index (χ0) is 19.4. The van der Waals surface area contributed by atoms with Crippen LogP contribution in [-0.2, 0) is 16.0 Å². The maximum absolute atomic E-state index is 14.5. The molecule has 0 spiro atoms. The highest BCUT2D eigenvalue weighted by Gasteiger charge is 2.24. The maximum Gasteiger partial charge on any atom is 0.310 e. The van der Waals surface area contributed by atoms with Crippen molar-refractivity contribution in [3.05, 3.63) is 64.2 Å². The second-order valence-corrected chi connectivity index (χ2v) is 7.13. The van der Waals surface area contributed by atoms with Gasteiger partial charge in [0.1, 0.15) is 11.6 Å². The van der Waals surface area contributed by atoms with Crippen molar-refractivity contribution < 1.29 is 18.3 Å². The fraction of sp³-hybridized carbons (Fsp3) is 0.381. The predicted octanol–water partition coefficient (Wildman–Crippen LogP) is 5.11. The van der Waals surface area contributed by atoms with Gasteiger partial charge in [-0.3, -0.25) is 4.79 Å². The van der Waals surface area contributed by atoms with Crippen molar-refractivity contribution in [2.45, 2.75) is 32.1 Å². The fourth-order valence-electron chi connectivity index (χ4n) is 3.56. The Labute approximate surface area is 162 Å². The normalized spacial score (nSPS) is 15.0. The molecule has 0 bridgehead atoms. The molecule has 2 aromatic rings. The molecular weight excluding hydrogens is 372 g/mol. The van der Waals surface area contributed by atoms with E-state index in [0.29, 0.717) is 41.5 Å². The summed E-state index contributed by atoms with van der Waals surface area (Å²) in [5, 5.41) is 0.388. The van der Waals surface area contributed by atoms with E-state index in [9.17, 15) is 13.6 Å². The summed E-state index contributed by atoms with van der Waals surface area (Å²) in [6.07, 6.45) is 1.54. The van der Waals surface area contributed by atoms with Crippen LogP contribution >= 0.6 is 11.6 Å². The molecule has 0 radical (unpaired) electrons. The Morgan fingerprint density at radius 2 is 1.89 bits per heavy atom. The van der Waals surface area contributed by atoms with Crippen LogP contribution in [0.25, 0.3) is 0 Å². The molecule has 0 aromatic heterocycles. The Kier molecular flexibility index (Phi) is 6.32. The first kappa shape index (κ1) is 19.6. The summed E-state index contributed by atoms with van der Waals surface area (Å²) < 4.78 is 33.6. The molecule has 27 heavy (non-hydrogen) atoms. The quantitative estimate of drug-likeness (QED) is 0.661. The molecule has 1 fully saturated rings. The van der Waals surface area contributed by atoms with Crippen molar-refractivity contribution in [2.24, 2.45) is 0 Å². The van der Waals surface area contributed by atoms with Crippen LogP contribution in [0, 0.1) is 11.6 Å². The molecule has 0 aliphatic carbocycles. The highest BCUT2D eigenvalue weighted by Crippen LogP contribution is 2.33. The van der Waals surface area contributed by atoms with Gasteiger partial charge in [0, 0.05) is 18.1 Å². The molecular formula is C21H22ClF2NO2. The number of hydrogen-bond donors (Lipinski definition) is 0. The van der Waals surface area contributed by atoms with E-state index in [2.05, 4.69) is 0 Å². The number of halogens is 3. The SMILES string of the molecule is CCOC(=O)Cc1ccc(N2CCC(c3ccc(Cl)cc3F)CC2)c(F)c1. The number of hydrogen-bond acceptors (Lipinski definition) is 3. The number of carbonyl (C=O) groups excluding carboxylic acids is 1. The summed E-state index contributed by atoms with van der Waals surface area (Å²) >= 11 is 5.82. The van der Waals surface area contributed by atoms with Crippen molar-refractivity contribution in [1.82, 2.24) is 0 Å². The lowest BCUT2D eigenvalue weighted by Crippen LogP contribution is -2.33. The standard InChI is InChI=1S/C21H22ClF2NO2/c1-2-27-21(26)12-14-3-6-20(19(24)11-14)25-9-7-15(8-10-25)17-5-4-16(22)13-18(17)23/h3-6,11,13,15H,2,7-10,12H2,1H3. The third kappa shape index (κ3) is 4.78. The van der Waals surface area contributed by atoms with Crippen LogP contribution in [0.5, 0.6) is 0 Å². The maximum atomic E-state index is 14.5. The number of benzene rings is 2. The lowest BCUT2D eigenvalue weighted by atomic mass is 9.89. The van der Waals surface area contributed by atoms with E-state index < -0.39 is 0 Å². The van der Waals surface area contributed by atoms with Gasteiger partial charge in [0.2, 0.25) is 0 Å². The molecule has 3 rings (SSSR count). The Morgan fingerprint density at radius 3 is 2.52 bits per heavy atom. The zero-order valence-corrected chi connectivity index (χ0v) is 15.9. The molecule has 0 unspecified atom stereocenters. The second-order valence-electron chi connectivity index (χ2n) is 6.69. The van der Waals surface area contributed by atoms with Gasteiger partial charge in [-0.25, -0.2) is 8.78 Å². The summed E-state index contributed by atoms with van der Waals surface area (Å²) in [6.45, 7) is 3.32. The lowest BCUT2D eigenvalue weighted by Gasteiger charge is -2.34. The first-order valence-corrected chi connectivity index (χ1v) is 9.49. The molecule has 1 heterocycles. The van der Waals surface area contributed by atoms with E-state index in [1.54, 1.807) is 31.2 Å². The van der Waals surface area contributed by atoms with E-state index in [1.807, 2.05) is 4.90 Å². The van der Waals surface area contributed by atoms with E-state index in [1.165, 1.54) is 12.1 Å². The Bertz CT molecular complexity index is 820. The molecule has 2 aromatic carbocycles. The van der Waals surface area contributed by atoms with Gasteiger partial charge in [-0.05, 0) is 61.1 Å². The first-order chi connectivity index (χ1) is 13.0. The molecule has 0 N–H and O–H groups in total. The van der Waals surface area contributed by atoms with Crippen LogP contribution in [0.4, 0.5) is 14.5 Å². The molecule has 0 atom stereocenters. The summed E-state index contributed by atoms with van der Waals surface area (Å²) in [5.74, 6) is -0.900. The van der Waals surface area contributed by atoms with Crippen molar-refractivity contribution in [2.75, 3.05) is 24.6 Å². The summed E-state index contributed by atoms with van der Waals surface area (Å²) in [4.78, 5) is 13.5. The number of piperidine rings is 1. The van der Waals surface area contributed by atoms with Crippen LogP contribution in [-0.4, -0.2) is 25.7 Å². The summed E-state index contributed by atoms with van der Waals surface area (Å²) in [5.41, 5.74) is 1.77. The molecule has 1 aliphatic heterocycles. The van der Waals surface area contributed by atoms with Crippen LogP contribution < -0.4 is 4.90 Å². The van der Waals surface area contributed by atoms with Gasteiger partial charge in [-0.1, -0.05) is 23.7 Å². The van der Waals surface area contributed by atoms with E-state index in [0.717, 1.165) is 12.8 Å². The van der Waals surface area contributed by atoms with Gasteiger partial charge < -0.3 is 9.64 Å². The molecule has 6 heteroatoms. The van der Waals surface area contributed by atoms with Gasteiger partial charge in [0.25, 0.3) is 0 Å². The number of nitrogens with zero attached hydrogens (tertiary/aromatic N) is 1. The number of anilines is 1. The van der Waals surface area contributed by atoms with E-state index in [-0.39, 0.29) is 29.9 Å². The van der Waals surface area contributed by atoms with Crippen molar-refractivity contribution in [3.8, 4) is 0 Å². The third-order valence-corrected chi connectivity index (χ3v) is 5.14. The second kappa shape index (κ2) is 8.70. The van der Waals surface area contributed by atoms with Gasteiger partial charge in [0.05, 0.1) is 18.7 Å². The number of esters is 1. The molecule has 0 amide bonds. The molecule has 1 aliphatic rings. The van der Waals surface area contributed by atoms with Crippen LogP contribution in [0.1, 0.15) is 36.8 Å². The topological polar surface area (TPSA) is 29.5 Å². The summed E-state index contributed by atoms with van der Waals surface area (Å²) in [6, 6.07) is 9.62. The van der Waals surface area contributed by atoms with Gasteiger partial charge in [0.15, 0.2) is 0 Å². The number of ether oxygens (including phenoxy) is 1.